The van der Waals surface area contributed by atoms with Crippen LogP contribution in [0.4, 0.5) is 0 Å². The molecule has 0 fully saturated rings. The van der Waals surface area contributed by atoms with Crippen molar-refractivity contribution in [1.82, 2.24) is 5.32 Å². The van der Waals surface area contributed by atoms with Crippen molar-refractivity contribution in [2.24, 2.45) is 0 Å². The molecule has 3 N–H and O–H groups in total. The number of unbranched alkanes of at least 4 members (excludes halogenated alkanes) is 56. The predicted molar refractivity (Wildman–Crippen MR) is 379 cm³/mol. The Kier molecular flexibility index (Phi) is 73.4. The summed E-state index contributed by atoms with van der Waals surface area (Å²) >= 11 is 0. The highest BCUT2D eigenvalue weighted by molar-refractivity contribution is 5.76. The number of nitrogens with one attached hydrogen (secondary N) is 1. The van der Waals surface area contributed by atoms with Crippen LogP contribution >= 0.6 is 0 Å². The number of rotatable bonds is 73. The summed E-state index contributed by atoms with van der Waals surface area (Å²) in [5.41, 5.74) is 0. The van der Waals surface area contributed by atoms with E-state index in [1.165, 1.54) is 347 Å². The Morgan fingerprint density at radius 3 is 0.919 bits per heavy atom. The van der Waals surface area contributed by atoms with Crippen LogP contribution in [0.3, 0.4) is 0 Å². The van der Waals surface area contributed by atoms with Crippen molar-refractivity contribution in [2.45, 2.75) is 437 Å². The van der Waals surface area contributed by atoms with Gasteiger partial charge in [0.15, 0.2) is 0 Å². The summed E-state index contributed by atoms with van der Waals surface area (Å²) in [6.07, 6.45) is 99.4. The van der Waals surface area contributed by atoms with Crippen LogP contribution in [-0.4, -0.2) is 47.4 Å². The largest absolute Gasteiger partial charge is 0.466 e. The summed E-state index contributed by atoms with van der Waals surface area (Å²) in [7, 11) is 0. The molecule has 0 aliphatic carbocycles. The van der Waals surface area contributed by atoms with E-state index in [4.69, 9.17) is 4.74 Å². The summed E-state index contributed by atoms with van der Waals surface area (Å²) in [5.74, 6) is -0.0455. The Bertz CT molecular complexity index is 1440. The molecule has 0 aromatic heterocycles. The molecule has 2 atom stereocenters. The zero-order valence-corrected chi connectivity index (χ0v) is 58.1. The van der Waals surface area contributed by atoms with E-state index in [1.807, 2.05) is 6.08 Å². The van der Waals surface area contributed by atoms with Crippen LogP contribution in [0.1, 0.15) is 425 Å². The van der Waals surface area contributed by atoms with Gasteiger partial charge in [-0.25, -0.2) is 0 Å². The standard InChI is InChI=1S/C80H151NO5/c1-3-5-7-9-11-13-15-17-19-20-38-42-46-50-54-58-62-66-70-74-80(85)86-75-71-67-63-59-55-51-47-43-40-37-35-33-31-29-27-25-23-21-22-24-26-28-30-32-34-36-39-41-45-49-53-57-61-65-69-73-79(84)81-77(76-82)78(83)72-68-64-60-56-52-48-44-18-16-14-12-10-8-6-4-2/h11,13,17,19,23,25,68,72,77-78,82-83H,3-10,12,14-16,18,20-22,24,26-67,69-71,73-76H2,1-2H3,(H,81,84)/b13-11-,19-17-,25-23-,72-68+. The number of amides is 1. The number of aliphatic hydroxyl groups is 2. The summed E-state index contributed by atoms with van der Waals surface area (Å²) in [5, 5.41) is 23.2. The third kappa shape index (κ3) is 70.9. The van der Waals surface area contributed by atoms with Gasteiger partial charge in [-0.1, -0.05) is 371 Å². The first-order chi connectivity index (χ1) is 42.5. The van der Waals surface area contributed by atoms with E-state index in [0.717, 1.165) is 51.4 Å². The van der Waals surface area contributed by atoms with Crippen LogP contribution in [0.25, 0.3) is 0 Å². The van der Waals surface area contributed by atoms with E-state index in [-0.39, 0.29) is 18.5 Å². The van der Waals surface area contributed by atoms with Crippen LogP contribution in [-0.2, 0) is 14.3 Å². The first-order valence-corrected chi connectivity index (χ1v) is 38.9. The van der Waals surface area contributed by atoms with Gasteiger partial charge in [0.2, 0.25) is 5.91 Å². The zero-order chi connectivity index (χ0) is 62.0. The molecule has 0 aromatic carbocycles. The topological polar surface area (TPSA) is 95.9 Å². The lowest BCUT2D eigenvalue weighted by Crippen LogP contribution is -2.45. The van der Waals surface area contributed by atoms with Gasteiger partial charge in [0.05, 0.1) is 25.4 Å². The molecule has 2 unspecified atom stereocenters. The average molecular weight is 1210 g/mol. The monoisotopic (exact) mass is 1210 g/mol. The highest BCUT2D eigenvalue weighted by Crippen LogP contribution is 2.19. The molecule has 0 heterocycles. The molecule has 0 aliphatic rings. The Morgan fingerprint density at radius 1 is 0.326 bits per heavy atom. The van der Waals surface area contributed by atoms with E-state index in [9.17, 15) is 19.8 Å². The number of allylic oxidation sites excluding steroid dienone is 7. The second kappa shape index (κ2) is 75.3. The minimum Gasteiger partial charge on any atom is -0.466 e. The van der Waals surface area contributed by atoms with E-state index in [2.05, 4.69) is 55.6 Å². The van der Waals surface area contributed by atoms with E-state index in [1.54, 1.807) is 6.08 Å². The van der Waals surface area contributed by atoms with Gasteiger partial charge in [0, 0.05) is 12.8 Å². The fraction of sp³-hybridized carbons (Fsp3) is 0.875. The van der Waals surface area contributed by atoms with Gasteiger partial charge >= 0.3 is 5.97 Å². The van der Waals surface area contributed by atoms with Gasteiger partial charge in [-0.3, -0.25) is 9.59 Å². The minimum absolute atomic E-state index is 0.0166. The SMILES string of the molecule is CCCCC/C=C\C/C=C\CCCCCCCCCCCC(=O)OCCCCCCCCCCCCCCCC/C=C\CCCCCCCCCCCCCCCCCCCC(=O)NC(CO)C(O)/C=C/CCCCCCCCCCCCCCC. The lowest BCUT2D eigenvalue weighted by atomic mass is 10.0. The molecular formula is C80H151NO5. The zero-order valence-electron chi connectivity index (χ0n) is 58.1. The predicted octanol–water partition coefficient (Wildman–Crippen LogP) is 25.6. The number of carbonyl (C=O) groups excluding carboxylic acids is 2. The molecule has 0 spiro atoms. The Hall–Kier alpha value is -2.18. The van der Waals surface area contributed by atoms with Gasteiger partial charge in [-0.2, -0.15) is 0 Å². The summed E-state index contributed by atoms with van der Waals surface area (Å²) < 4.78 is 5.51. The van der Waals surface area contributed by atoms with Crippen LogP contribution in [0.5, 0.6) is 0 Å². The van der Waals surface area contributed by atoms with Gasteiger partial charge in [-0.05, 0) is 89.9 Å². The molecule has 86 heavy (non-hydrogen) atoms. The molecule has 1 amide bonds. The first kappa shape index (κ1) is 83.8. The first-order valence-electron chi connectivity index (χ1n) is 38.9. The van der Waals surface area contributed by atoms with Crippen molar-refractivity contribution in [3.05, 3.63) is 48.6 Å². The van der Waals surface area contributed by atoms with E-state index < -0.39 is 12.1 Å². The van der Waals surface area contributed by atoms with Crippen molar-refractivity contribution in [3.8, 4) is 0 Å². The average Bonchev–Trinajstić information content (AvgIpc) is 3.54. The Balaban J connectivity index is 3.34. The molecule has 6 nitrogen and oxygen atoms in total. The number of esters is 1. The van der Waals surface area contributed by atoms with Gasteiger partial charge in [0.25, 0.3) is 0 Å². The maximum Gasteiger partial charge on any atom is 0.305 e. The molecular weight excluding hydrogens is 1050 g/mol. The number of carbonyl (C=O) groups is 2. The maximum atomic E-state index is 12.5. The molecule has 506 valence electrons. The number of hydrogen-bond acceptors (Lipinski definition) is 5. The lowest BCUT2D eigenvalue weighted by Gasteiger charge is -2.20. The van der Waals surface area contributed by atoms with Crippen molar-refractivity contribution >= 4 is 11.9 Å². The highest BCUT2D eigenvalue weighted by atomic mass is 16.5. The van der Waals surface area contributed by atoms with Crippen LogP contribution < -0.4 is 5.32 Å². The van der Waals surface area contributed by atoms with Crippen LogP contribution in [0.15, 0.2) is 48.6 Å². The number of aliphatic hydroxyl groups excluding tert-OH is 2. The molecule has 0 bridgehead atoms. The quantitative estimate of drug-likeness (QED) is 0.0320. The Labute approximate surface area is 537 Å². The number of ether oxygens (including phenoxy) is 1. The van der Waals surface area contributed by atoms with Gasteiger partial charge < -0.3 is 20.3 Å². The van der Waals surface area contributed by atoms with E-state index >= 15 is 0 Å². The van der Waals surface area contributed by atoms with Crippen molar-refractivity contribution < 1.29 is 24.5 Å². The van der Waals surface area contributed by atoms with Gasteiger partial charge in [0.1, 0.15) is 0 Å². The second-order valence-electron chi connectivity index (χ2n) is 26.7. The summed E-state index contributed by atoms with van der Waals surface area (Å²) in [6.45, 7) is 4.91. The Morgan fingerprint density at radius 2 is 0.581 bits per heavy atom. The molecule has 0 saturated carbocycles. The second-order valence-corrected chi connectivity index (χ2v) is 26.7. The smallest absolute Gasteiger partial charge is 0.305 e. The molecule has 6 heteroatoms. The molecule has 0 radical (unpaired) electrons. The maximum absolute atomic E-state index is 12.5. The third-order valence-electron chi connectivity index (χ3n) is 18.1. The van der Waals surface area contributed by atoms with E-state index in [0.29, 0.717) is 19.4 Å². The normalized spacial score (nSPS) is 12.7. The minimum atomic E-state index is -0.842. The van der Waals surface area contributed by atoms with Crippen LogP contribution in [0.2, 0.25) is 0 Å². The fourth-order valence-electron chi connectivity index (χ4n) is 12.1. The van der Waals surface area contributed by atoms with Crippen molar-refractivity contribution in [3.63, 3.8) is 0 Å². The summed E-state index contributed by atoms with van der Waals surface area (Å²) in [6, 6.07) is -0.625. The van der Waals surface area contributed by atoms with Crippen molar-refractivity contribution in [2.75, 3.05) is 13.2 Å². The molecule has 0 aromatic rings. The fourth-order valence-corrected chi connectivity index (χ4v) is 12.1. The van der Waals surface area contributed by atoms with Crippen molar-refractivity contribution in [1.29, 1.82) is 0 Å². The summed E-state index contributed by atoms with van der Waals surface area (Å²) in [4.78, 5) is 24.6. The molecule has 0 saturated heterocycles. The van der Waals surface area contributed by atoms with Crippen LogP contribution in [0, 0.1) is 0 Å². The van der Waals surface area contributed by atoms with Gasteiger partial charge in [-0.15, -0.1) is 0 Å². The molecule has 0 rings (SSSR count). The molecule has 0 aliphatic heterocycles. The highest BCUT2D eigenvalue weighted by Gasteiger charge is 2.18. The third-order valence-corrected chi connectivity index (χ3v) is 18.1. The number of hydrogen-bond donors (Lipinski definition) is 3. The lowest BCUT2D eigenvalue weighted by molar-refractivity contribution is -0.143.